The highest BCUT2D eigenvalue weighted by atomic mass is 35.5. The predicted molar refractivity (Wildman–Crippen MR) is 87.7 cm³/mol. The number of carbonyl (C=O) groups is 2. The molecule has 0 saturated carbocycles. The molecule has 0 fully saturated rings. The molecule has 122 valence electrons. The summed E-state index contributed by atoms with van der Waals surface area (Å²) in [6, 6.07) is 6.58. The number of likely N-dealkylation sites (N-methyl/N-ethyl adjacent to an activating group) is 1. The van der Waals surface area contributed by atoms with Crippen LogP contribution in [-0.2, 0) is 16.0 Å². The Morgan fingerprint density at radius 3 is 2.61 bits per heavy atom. The molecule has 0 aliphatic heterocycles. The van der Waals surface area contributed by atoms with Gasteiger partial charge in [-0.1, -0.05) is 34.4 Å². The minimum absolute atomic E-state index is 0.0912. The lowest BCUT2D eigenvalue weighted by atomic mass is 10.1. The molecule has 0 bridgehead atoms. The molecular formula is C15H15Cl2N3O3. The average molecular weight is 356 g/mol. The Balaban J connectivity index is 1.88. The maximum absolute atomic E-state index is 12.1. The fourth-order valence-corrected chi connectivity index (χ4v) is 2.19. The minimum atomic E-state index is -0.358. The molecule has 8 heteroatoms. The van der Waals surface area contributed by atoms with Crippen LogP contribution < -0.4 is 5.32 Å². The fourth-order valence-electron chi connectivity index (χ4n) is 1.87. The van der Waals surface area contributed by atoms with Crippen molar-refractivity contribution in [3.8, 4) is 0 Å². The Labute approximate surface area is 143 Å². The first-order valence-corrected chi connectivity index (χ1v) is 7.52. The Morgan fingerprint density at radius 1 is 1.26 bits per heavy atom. The van der Waals surface area contributed by atoms with E-state index in [4.69, 9.17) is 27.7 Å². The fraction of sp³-hybridized carbons (Fsp3) is 0.267. The highest BCUT2D eigenvalue weighted by molar-refractivity contribution is 6.42. The zero-order chi connectivity index (χ0) is 17.0. The predicted octanol–water partition coefficient (Wildman–Crippen LogP) is 2.93. The third-order valence-corrected chi connectivity index (χ3v) is 3.78. The van der Waals surface area contributed by atoms with Gasteiger partial charge in [-0.05, 0) is 24.6 Å². The molecule has 0 radical (unpaired) electrons. The first-order chi connectivity index (χ1) is 10.8. The van der Waals surface area contributed by atoms with Gasteiger partial charge in [-0.15, -0.1) is 0 Å². The SMILES string of the molecule is Cc1cc(NC(=O)CN(C)C(=O)Cc2ccc(Cl)c(Cl)c2)no1. The van der Waals surface area contributed by atoms with Crippen LogP contribution in [0.15, 0.2) is 28.8 Å². The third kappa shape index (κ3) is 4.97. The second kappa shape index (κ2) is 7.48. The summed E-state index contributed by atoms with van der Waals surface area (Å²) in [5.74, 6) is 0.334. The highest BCUT2D eigenvalue weighted by Gasteiger charge is 2.15. The maximum atomic E-state index is 12.1. The minimum Gasteiger partial charge on any atom is -0.360 e. The average Bonchev–Trinajstić information content (AvgIpc) is 2.87. The van der Waals surface area contributed by atoms with E-state index in [9.17, 15) is 9.59 Å². The molecule has 0 unspecified atom stereocenters. The van der Waals surface area contributed by atoms with Gasteiger partial charge in [0.25, 0.3) is 0 Å². The van der Waals surface area contributed by atoms with Crippen molar-refractivity contribution in [2.75, 3.05) is 18.9 Å². The molecule has 0 atom stereocenters. The topological polar surface area (TPSA) is 75.4 Å². The number of anilines is 1. The second-order valence-corrected chi connectivity index (χ2v) is 5.86. The van der Waals surface area contributed by atoms with Gasteiger partial charge >= 0.3 is 0 Å². The van der Waals surface area contributed by atoms with E-state index in [1.54, 1.807) is 38.2 Å². The number of halogens is 2. The number of carbonyl (C=O) groups excluding carboxylic acids is 2. The summed E-state index contributed by atoms with van der Waals surface area (Å²) in [6.45, 7) is 1.63. The van der Waals surface area contributed by atoms with E-state index in [-0.39, 0.29) is 24.8 Å². The quantitative estimate of drug-likeness (QED) is 0.894. The van der Waals surface area contributed by atoms with E-state index >= 15 is 0 Å². The molecule has 1 aromatic heterocycles. The number of nitrogens with zero attached hydrogens (tertiary/aromatic N) is 2. The number of hydrogen-bond acceptors (Lipinski definition) is 4. The molecule has 1 heterocycles. The Bertz CT molecular complexity index is 731. The summed E-state index contributed by atoms with van der Waals surface area (Å²) in [4.78, 5) is 25.3. The summed E-state index contributed by atoms with van der Waals surface area (Å²) >= 11 is 11.8. The molecule has 1 aromatic carbocycles. The van der Waals surface area contributed by atoms with E-state index in [0.717, 1.165) is 5.56 Å². The van der Waals surface area contributed by atoms with E-state index < -0.39 is 0 Å². The molecule has 2 aromatic rings. The summed E-state index contributed by atoms with van der Waals surface area (Å²) in [5.41, 5.74) is 0.726. The van der Waals surface area contributed by atoms with E-state index in [2.05, 4.69) is 10.5 Å². The van der Waals surface area contributed by atoms with Crippen molar-refractivity contribution in [2.45, 2.75) is 13.3 Å². The van der Waals surface area contributed by atoms with E-state index in [1.807, 2.05) is 0 Å². The van der Waals surface area contributed by atoms with Gasteiger partial charge in [0.1, 0.15) is 5.76 Å². The van der Waals surface area contributed by atoms with Crippen LogP contribution >= 0.6 is 23.2 Å². The number of benzene rings is 1. The van der Waals surface area contributed by atoms with E-state index in [0.29, 0.717) is 21.6 Å². The molecule has 2 amide bonds. The zero-order valence-electron chi connectivity index (χ0n) is 12.6. The molecule has 6 nitrogen and oxygen atoms in total. The lowest BCUT2D eigenvalue weighted by molar-refractivity contribution is -0.132. The number of nitrogens with one attached hydrogen (secondary N) is 1. The normalized spacial score (nSPS) is 10.4. The van der Waals surface area contributed by atoms with Crippen LogP contribution in [0.4, 0.5) is 5.82 Å². The maximum Gasteiger partial charge on any atom is 0.245 e. The largest absolute Gasteiger partial charge is 0.360 e. The Morgan fingerprint density at radius 2 is 2.00 bits per heavy atom. The molecular weight excluding hydrogens is 341 g/mol. The standard InChI is InChI=1S/C15H15Cl2N3O3/c1-9-5-13(19-23-9)18-14(21)8-20(2)15(22)7-10-3-4-11(16)12(17)6-10/h3-6H,7-8H2,1-2H3,(H,18,19,21). The van der Waals surface area contributed by atoms with Crippen molar-refractivity contribution in [1.82, 2.24) is 10.1 Å². The first-order valence-electron chi connectivity index (χ1n) is 6.76. The van der Waals surface area contributed by atoms with Crippen LogP contribution in [0.5, 0.6) is 0 Å². The van der Waals surface area contributed by atoms with Gasteiger partial charge in [-0.3, -0.25) is 9.59 Å². The number of aromatic nitrogens is 1. The second-order valence-electron chi connectivity index (χ2n) is 5.05. The van der Waals surface area contributed by atoms with Gasteiger partial charge < -0.3 is 14.7 Å². The summed E-state index contributed by atoms with van der Waals surface area (Å²) in [7, 11) is 1.55. The summed E-state index contributed by atoms with van der Waals surface area (Å²) in [5, 5.41) is 7.03. The Hall–Kier alpha value is -2.05. The van der Waals surface area contributed by atoms with Crippen molar-refractivity contribution in [3.05, 3.63) is 45.6 Å². The highest BCUT2D eigenvalue weighted by Crippen LogP contribution is 2.22. The molecule has 0 aliphatic rings. The Kier molecular flexibility index (Phi) is 5.63. The first kappa shape index (κ1) is 17.3. The van der Waals surface area contributed by atoms with Crippen LogP contribution in [0.3, 0.4) is 0 Å². The molecule has 0 aliphatic carbocycles. The van der Waals surface area contributed by atoms with Crippen molar-refractivity contribution >= 4 is 40.8 Å². The molecule has 0 spiro atoms. The number of rotatable bonds is 5. The zero-order valence-corrected chi connectivity index (χ0v) is 14.1. The van der Waals surface area contributed by atoms with Crippen molar-refractivity contribution in [1.29, 1.82) is 0 Å². The molecule has 2 rings (SSSR count). The van der Waals surface area contributed by atoms with Gasteiger partial charge in [0.05, 0.1) is 23.0 Å². The van der Waals surface area contributed by atoms with Crippen LogP contribution in [0.2, 0.25) is 10.0 Å². The molecule has 1 N–H and O–H groups in total. The van der Waals surface area contributed by atoms with Gasteiger partial charge in [-0.2, -0.15) is 0 Å². The van der Waals surface area contributed by atoms with Crippen LogP contribution in [-0.4, -0.2) is 35.5 Å². The van der Waals surface area contributed by atoms with Crippen LogP contribution in [0.25, 0.3) is 0 Å². The summed E-state index contributed by atoms with van der Waals surface area (Å²) in [6.07, 6.45) is 0.129. The van der Waals surface area contributed by atoms with Gasteiger partial charge in [0, 0.05) is 13.1 Å². The van der Waals surface area contributed by atoms with Crippen LogP contribution in [0.1, 0.15) is 11.3 Å². The van der Waals surface area contributed by atoms with Crippen molar-refractivity contribution < 1.29 is 14.1 Å². The van der Waals surface area contributed by atoms with Crippen molar-refractivity contribution in [3.63, 3.8) is 0 Å². The monoisotopic (exact) mass is 355 g/mol. The van der Waals surface area contributed by atoms with Crippen LogP contribution in [0, 0.1) is 6.92 Å². The van der Waals surface area contributed by atoms with E-state index in [1.165, 1.54) is 4.90 Å². The third-order valence-electron chi connectivity index (χ3n) is 3.04. The molecule has 23 heavy (non-hydrogen) atoms. The smallest absolute Gasteiger partial charge is 0.245 e. The van der Waals surface area contributed by atoms with Gasteiger partial charge in [0.2, 0.25) is 11.8 Å². The number of amides is 2. The lowest BCUT2D eigenvalue weighted by Crippen LogP contribution is -2.35. The molecule has 0 saturated heterocycles. The van der Waals surface area contributed by atoms with Gasteiger partial charge in [0.15, 0.2) is 5.82 Å². The van der Waals surface area contributed by atoms with Crippen molar-refractivity contribution in [2.24, 2.45) is 0 Å². The number of hydrogen-bond donors (Lipinski definition) is 1. The van der Waals surface area contributed by atoms with Gasteiger partial charge in [-0.25, -0.2) is 0 Å². The summed E-state index contributed by atoms with van der Waals surface area (Å²) < 4.78 is 4.85. The number of aryl methyl sites for hydroxylation is 1. The lowest BCUT2D eigenvalue weighted by Gasteiger charge is -2.16.